The van der Waals surface area contributed by atoms with Gasteiger partial charge in [-0.25, -0.2) is 0 Å². The highest BCUT2D eigenvalue weighted by Crippen LogP contribution is 2.18. The van der Waals surface area contributed by atoms with Crippen molar-refractivity contribution in [3.63, 3.8) is 0 Å². The third kappa shape index (κ3) is 5.80. The molecule has 1 N–H and O–H groups in total. The lowest BCUT2D eigenvalue weighted by molar-refractivity contribution is 0.411. The number of hydrogen-bond donors (Lipinski definition) is 1. The third-order valence-corrected chi connectivity index (χ3v) is 3.64. The maximum Gasteiger partial charge on any atom is 0.193 e. The summed E-state index contributed by atoms with van der Waals surface area (Å²) in [6, 6.07) is 6.36. The molecule has 0 fully saturated rings. The molecule has 4 heteroatoms. The number of guanidine groups is 1. The molecule has 1 aromatic carbocycles. The van der Waals surface area contributed by atoms with E-state index >= 15 is 0 Å². The Morgan fingerprint density at radius 2 is 2.23 bits per heavy atom. The van der Waals surface area contributed by atoms with Gasteiger partial charge in [0.05, 0.1) is 7.11 Å². The van der Waals surface area contributed by atoms with Gasteiger partial charge in [0.15, 0.2) is 5.96 Å². The molecule has 0 aliphatic carbocycles. The molecule has 0 radical (unpaired) electrons. The molecule has 0 saturated heterocycles. The summed E-state index contributed by atoms with van der Waals surface area (Å²) in [6.45, 7) is 7.64. The summed E-state index contributed by atoms with van der Waals surface area (Å²) < 4.78 is 5.37. The molecule has 0 aliphatic heterocycles. The summed E-state index contributed by atoms with van der Waals surface area (Å²) >= 11 is 0. The number of unbranched alkanes of at least 4 members (excludes halogenated alkanes) is 1. The first-order chi connectivity index (χ1) is 10.6. The van der Waals surface area contributed by atoms with Crippen LogP contribution in [0, 0.1) is 6.92 Å². The van der Waals surface area contributed by atoms with E-state index in [9.17, 15) is 0 Å². The summed E-state index contributed by atoms with van der Waals surface area (Å²) in [5.41, 5.74) is 2.43. The number of aryl methyl sites for hydroxylation is 1. The largest absolute Gasteiger partial charge is 0.496 e. The van der Waals surface area contributed by atoms with Crippen molar-refractivity contribution >= 4 is 5.96 Å². The maximum atomic E-state index is 5.37. The SMILES string of the molecule is C=CCCCN(C)C(=NC)NCCc1ccc(C)c(OC)c1. The van der Waals surface area contributed by atoms with Crippen LogP contribution >= 0.6 is 0 Å². The van der Waals surface area contributed by atoms with Gasteiger partial charge >= 0.3 is 0 Å². The van der Waals surface area contributed by atoms with E-state index in [0.29, 0.717) is 0 Å². The number of nitrogens with one attached hydrogen (secondary N) is 1. The maximum absolute atomic E-state index is 5.37. The molecule has 0 bridgehead atoms. The normalized spacial score (nSPS) is 11.2. The summed E-state index contributed by atoms with van der Waals surface area (Å²) in [5, 5.41) is 3.41. The van der Waals surface area contributed by atoms with Crippen LogP contribution < -0.4 is 10.1 Å². The number of aliphatic imine (C=N–C) groups is 1. The first-order valence-electron chi connectivity index (χ1n) is 7.78. The van der Waals surface area contributed by atoms with E-state index in [1.165, 1.54) is 5.56 Å². The highest BCUT2D eigenvalue weighted by molar-refractivity contribution is 5.79. The van der Waals surface area contributed by atoms with E-state index in [-0.39, 0.29) is 0 Å². The molecule has 1 aromatic rings. The number of rotatable bonds is 8. The zero-order valence-corrected chi connectivity index (χ0v) is 14.4. The van der Waals surface area contributed by atoms with Crippen molar-refractivity contribution in [2.75, 3.05) is 34.3 Å². The lowest BCUT2D eigenvalue weighted by Gasteiger charge is -2.22. The molecule has 0 atom stereocenters. The molecular formula is C18H29N3O. The van der Waals surface area contributed by atoms with Gasteiger partial charge in [-0.2, -0.15) is 0 Å². The lowest BCUT2D eigenvalue weighted by Crippen LogP contribution is -2.40. The van der Waals surface area contributed by atoms with E-state index in [4.69, 9.17) is 4.74 Å². The Balaban J connectivity index is 2.45. The summed E-state index contributed by atoms with van der Waals surface area (Å²) in [4.78, 5) is 6.48. The number of methoxy groups -OCH3 is 1. The van der Waals surface area contributed by atoms with Crippen LogP contribution in [0.4, 0.5) is 0 Å². The van der Waals surface area contributed by atoms with Crippen LogP contribution in [0.3, 0.4) is 0 Å². The zero-order valence-electron chi connectivity index (χ0n) is 14.4. The van der Waals surface area contributed by atoms with Crippen molar-refractivity contribution in [3.05, 3.63) is 42.0 Å². The average Bonchev–Trinajstić information content (AvgIpc) is 2.53. The van der Waals surface area contributed by atoms with E-state index in [1.807, 2.05) is 13.1 Å². The van der Waals surface area contributed by atoms with Gasteiger partial charge in [-0.3, -0.25) is 4.99 Å². The van der Waals surface area contributed by atoms with Crippen LogP contribution in [0.5, 0.6) is 5.75 Å². The number of ether oxygens (including phenoxy) is 1. The number of benzene rings is 1. The predicted molar refractivity (Wildman–Crippen MR) is 94.9 cm³/mol. The Hall–Kier alpha value is -1.97. The molecule has 0 amide bonds. The highest BCUT2D eigenvalue weighted by Gasteiger charge is 2.05. The Labute approximate surface area is 134 Å². The molecule has 0 spiro atoms. The quantitative estimate of drug-likeness (QED) is 0.347. The van der Waals surface area contributed by atoms with E-state index in [1.54, 1.807) is 7.11 Å². The van der Waals surface area contributed by atoms with Gasteiger partial charge in [0.1, 0.15) is 5.75 Å². The van der Waals surface area contributed by atoms with Crippen LogP contribution in [0.2, 0.25) is 0 Å². The Kier molecular flexibility index (Phi) is 8.11. The Morgan fingerprint density at radius 1 is 1.45 bits per heavy atom. The van der Waals surface area contributed by atoms with E-state index in [0.717, 1.165) is 49.6 Å². The standard InChI is InChI=1S/C18H29N3O/c1-6-7-8-13-21(4)18(19-3)20-12-11-16-10-9-15(2)17(14-16)22-5/h6,9-10,14H,1,7-8,11-13H2,2-5H3,(H,19,20). The Morgan fingerprint density at radius 3 is 2.86 bits per heavy atom. The minimum Gasteiger partial charge on any atom is -0.496 e. The van der Waals surface area contributed by atoms with E-state index < -0.39 is 0 Å². The van der Waals surface area contributed by atoms with Crippen molar-refractivity contribution in [1.29, 1.82) is 0 Å². The molecule has 0 aromatic heterocycles. The summed E-state index contributed by atoms with van der Waals surface area (Å²) in [7, 11) is 5.60. The van der Waals surface area contributed by atoms with Gasteiger partial charge in [-0.1, -0.05) is 18.2 Å². The first kappa shape index (κ1) is 18.1. The van der Waals surface area contributed by atoms with Gasteiger partial charge in [-0.15, -0.1) is 6.58 Å². The third-order valence-electron chi connectivity index (χ3n) is 3.64. The molecule has 0 saturated carbocycles. The van der Waals surface area contributed by atoms with Crippen molar-refractivity contribution < 1.29 is 4.74 Å². The molecule has 0 heterocycles. The van der Waals surface area contributed by atoms with Crippen LogP contribution in [0.1, 0.15) is 24.0 Å². The van der Waals surface area contributed by atoms with Crippen molar-refractivity contribution in [1.82, 2.24) is 10.2 Å². The van der Waals surface area contributed by atoms with E-state index in [2.05, 4.69) is 54.0 Å². The van der Waals surface area contributed by atoms with Crippen molar-refractivity contribution in [2.45, 2.75) is 26.2 Å². The molecule has 0 aliphatic rings. The lowest BCUT2D eigenvalue weighted by atomic mass is 10.1. The predicted octanol–water partition coefficient (Wildman–Crippen LogP) is 3.02. The fraction of sp³-hybridized carbons (Fsp3) is 0.500. The second-order valence-electron chi connectivity index (χ2n) is 5.38. The molecular weight excluding hydrogens is 274 g/mol. The van der Waals surface area contributed by atoms with Crippen LogP contribution in [-0.4, -0.2) is 45.2 Å². The average molecular weight is 303 g/mol. The van der Waals surface area contributed by atoms with Gasteiger partial charge < -0.3 is 15.0 Å². The fourth-order valence-corrected chi connectivity index (χ4v) is 2.30. The molecule has 1 rings (SSSR count). The minimum atomic E-state index is 0.852. The highest BCUT2D eigenvalue weighted by atomic mass is 16.5. The van der Waals surface area contributed by atoms with Crippen molar-refractivity contribution in [3.8, 4) is 5.75 Å². The van der Waals surface area contributed by atoms with Crippen LogP contribution in [0.25, 0.3) is 0 Å². The second-order valence-corrected chi connectivity index (χ2v) is 5.38. The Bertz CT molecular complexity index is 497. The van der Waals surface area contributed by atoms with Crippen LogP contribution in [-0.2, 0) is 6.42 Å². The first-order valence-corrected chi connectivity index (χ1v) is 7.78. The zero-order chi connectivity index (χ0) is 16.4. The summed E-state index contributed by atoms with van der Waals surface area (Å²) in [5.74, 6) is 1.88. The molecule has 22 heavy (non-hydrogen) atoms. The van der Waals surface area contributed by atoms with Gasteiger partial charge in [0, 0.05) is 27.2 Å². The number of hydrogen-bond acceptors (Lipinski definition) is 2. The van der Waals surface area contributed by atoms with Gasteiger partial charge in [0.25, 0.3) is 0 Å². The molecule has 4 nitrogen and oxygen atoms in total. The second kappa shape index (κ2) is 9.87. The van der Waals surface area contributed by atoms with Crippen molar-refractivity contribution in [2.24, 2.45) is 4.99 Å². The van der Waals surface area contributed by atoms with Gasteiger partial charge in [0.2, 0.25) is 0 Å². The fourth-order valence-electron chi connectivity index (χ4n) is 2.30. The number of nitrogens with zero attached hydrogens (tertiary/aromatic N) is 2. The van der Waals surface area contributed by atoms with Crippen LogP contribution in [0.15, 0.2) is 35.8 Å². The summed E-state index contributed by atoms with van der Waals surface area (Å²) in [6.07, 6.45) is 5.02. The molecule has 0 unspecified atom stereocenters. The topological polar surface area (TPSA) is 36.9 Å². The smallest absolute Gasteiger partial charge is 0.193 e. The van der Waals surface area contributed by atoms with Gasteiger partial charge in [-0.05, 0) is 43.4 Å². The number of allylic oxidation sites excluding steroid dienone is 1. The monoisotopic (exact) mass is 303 g/mol. The molecule has 122 valence electrons. The minimum absolute atomic E-state index is 0.852.